The number of aryl methyl sites for hydroxylation is 1. The van der Waals surface area contributed by atoms with E-state index in [9.17, 15) is 4.79 Å². The van der Waals surface area contributed by atoms with Gasteiger partial charge in [0.1, 0.15) is 5.69 Å². The van der Waals surface area contributed by atoms with E-state index in [4.69, 9.17) is 5.10 Å². The standard InChI is InChI=1S/C23H21BrN2O/c24-15-6-1-7-16-26-21-14-5-4-12-20(21)22(25-26)23(27)19-13-8-10-17-9-2-3-11-18(17)19/h2-5,8-14H,1,6-7,15-16H2. The summed E-state index contributed by atoms with van der Waals surface area (Å²) in [4.78, 5) is 13.4. The summed E-state index contributed by atoms with van der Waals surface area (Å²) in [5, 5.41) is 8.72. The Labute approximate surface area is 167 Å². The fourth-order valence-corrected chi connectivity index (χ4v) is 3.95. The average Bonchev–Trinajstić information content (AvgIpc) is 3.09. The molecule has 3 nitrogen and oxygen atoms in total. The summed E-state index contributed by atoms with van der Waals surface area (Å²) < 4.78 is 1.99. The van der Waals surface area contributed by atoms with Gasteiger partial charge in [0.15, 0.2) is 0 Å². The van der Waals surface area contributed by atoms with Gasteiger partial charge in [0, 0.05) is 22.8 Å². The van der Waals surface area contributed by atoms with Crippen molar-refractivity contribution < 1.29 is 4.79 Å². The van der Waals surface area contributed by atoms with Crippen LogP contribution in [0.1, 0.15) is 35.3 Å². The highest BCUT2D eigenvalue weighted by atomic mass is 79.9. The Balaban J connectivity index is 1.75. The molecule has 0 fully saturated rings. The highest BCUT2D eigenvalue weighted by Crippen LogP contribution is 2.25. The lowest BCUT2D eigenvalue weighted by atomic mass is 9.99. The van der Waals surface area contributed by atoms with Crippen LogP contribution in [0.3, 0.4) is 0 Å². The summed E-state index contributed by atoms with van der Waals surface area (Å²) in [6.45, 7) is 0.830. The molecule has 0 spiro atoms. The minimum Gasteiger partial charge on any atom is -0.287 e. The molecule has 0 aliphatic carbocycles. The predicted molar refractivity (Wildman–Crippen MR) is 115 cm³/mol. The first-order valence-electron chi connectivity index (χ1n) is 9.33. The first kappa shape index (κ1) is 17.9. The predicted octanol–water partition coefficient (Wildman–Crippen LogP) is 5.99. The first-order valence-corrected chi connectivity index (χ1v) is 10.5. The van der Waals surface area contributed by atoms with E-state index >= 15 is 0 Å². The monoisotopic (exact) mass is 420 g/mol. The molecule has 1 heterocycles. The molecule has 0 amide bonds. The third kappa shape index (κ3) is 3.54. The summed E-state index contributed by atoms with van der Waals surface area (Å²) in [6, 6.07) is 21.9. The second-order valence-electron chi connectivity index (χ2n) is 6.69. The molecule has 0 saturated carbocycles. The number of hydrogen-bond donors (Lipinski definition) is 0. The van der Waals surface area contributed by atoms with Crippen molar-refractivity contribution in [3.63, 3.8) is 0 Å². The summed E-state index contributed by atoms with van der Waals surface area (Å²) >= 11 is 3.48. The van der Waals surface area contributed by atoms with Gasteiger partial charge in [-0.05, 0) is 29.7 Å². The Morgan fingerprint density at radius 1 is 0.852 bits per heavy atom. The highest BCUT2D eigenvalue weighted by molar-refractivity contribution is 9.09. The number of unbranched alkanes of at least 4 members (excludes halogenated alkanes) is 2. The first-order chi connectivity index (χ1) is 13.3. The lowest BCUT2D eigenvalue weighted by Crippen LogP contribution is -2.06. The summed E-state index contributed by atoms with van der Waals surface area (Å²) in [5.41, 5.74) is 2.28. The SMILES string of the molecule is O=C(c1cccc2ccccc12)c1nn(CCCCCBr)c2ccccc12. The van der Waals surface area contributed by atoms with Gasteiger partial charge < -0.3 is 0 Å². The van der Waals surface area contributed by atoms with Gasteiger partial charge in [-0.2, -0.15) is 5.10 Å². The number of alkyl halides is 1. The minimum atomic E-state index is -0.0118. The second kappa shape index (κ2) is 8.05. The van der Waals surface area contributed by atoms with E-state index in [1.165, 1.54) is 0 Å². The number of hydrogen-bond acceptors (Lipinski definition) is 2. The van der Waals surface area contributed by atoms with Crippen LogP contribution in [0.2, 0.25) is 0 Å². The van der Waals surface area contributed by atoms with Crippen LogP contribution >= 0.6 is 15.9 Å². The third-order valence-electron chi connectivity index (χ3n) is 4.91. The molecule has 0 saturated heterocycles. The van der Waals surface area contributed by atoms with Crippen LogP contribution in [0.5, 0.6) is 0 Å². The molecule has 4 rings (SSSR count). The van der Waals surface area contributed by atoms with Crippen LogP contribution < -0.4 is 0 Å². The summed E-state index contributed by atoms with van der Waals surface area (Å²) in [5.74, 6) is -0.0118. The van der Waals surface area contributed by atoms with Crippen molar-refractivity contribution in [1.82, 2.24) is 9.78 Å². The molecule has 0 atom stereocenters. The third-order valence-corrected chi connectivity index (χ3v) is 5.47. The number of fused-ring (bicyclic) bond motifs is 2. The van der Waals surface area contributed by atoms with Crippen LogP contribution in [-0.4, -0.2) is 20.9 Å². The van der Waals surface area contributed by atoms with Crippen LogP contribution in [0.15, 0.2) is 66.7 Å². The van der Waals surface area contributed by atoms with Crippen LogP contribution in [0, 0.1) is 0 Å². The molecule has 0 aliphatic rings. The molecule has 3 aromatic carbocycles. The maximum atomic E-state index is 13.4. The van der Waals surface area contributed by atoms with Crippen molar-refractivity contribution in [1.29, 1.82) is 0 Å². The van der Waals surface area contributed by atoms with E-state index in [1.807, 2.05) is 71.4 Å². The Morgan fingerprint density at radius 3 is 2.44 bits per heavy atom. The molecule has 136 valence electrons. The van der Waals surface area contributed by atoms with Crippen molar-refractivity contribution in [3.8, 4) is 0 Å². The molecule has 4 heteroatoms. The second-order valence-corrected chi connectivity index (χ2v) is 7.49. The number of carbonyl (C=O) groups excluding carboxylic acids is 1. The molecular formula is C23H21BrN2O. The van der Waals surface area contributed by atoms with Crippen molar-refractivity contribution >= 4 is 43.4 Å². The zero-order valence-corrected chi connectivity index (χ0v) is 16.7. The molecular weight excluding hydrogens is 400 g/mol. The minimum absolute atomic E-state index is 0.0118. The lowest BCUT2D eigenvalue weighted by Gasteiger charge is -2.04. The maximum absolute atomic E-state index is 13.4. The quantitative estimate of drug-likeness (QED) is 0.209. The van der Waals surface area contributed by atoms with Gasteiger partial charge >= 0.3 is 0 Å². The van der Waals surface area contributed by atoms with Crippen molar-refractivity contribution in [2.24, 2.45) is 0 Å². The van der Waals surface area contributed by atoms with E-state index in [1.54, 1.807) is 0 Å². The van der Waals surface area contributed by atoms with E-state index in [0.717, 1.165) is 52.8 Å². The number of para-hydroxylation sites is 1. The van der Waals surface area contributed by atoms with Gasteiger partial charge in [-0.15, -0.1) is 0 Å². The Kier molecular flexibility index (Phi) is 5.35. The van der Waals surface area contributed by atoms with Crippen LogP contribution in [-0.2, 0) is 6.54 Å². The largest absolute Gasteiger partial charge is 0.287 e. The Hall–Kier alpha value is -2.46. The van der Waals surface area contributed by atoms with Gasteiger partial charge in [-0.1, -0.05) is 83.0 Å². The van der Waals surface area contributed by atoms with Gasteiger partial charge in [-0.3, -0.25) is 9.48 Å². The summed E-state index contributed by atoms with van der Waals surface area (Å²) in [7, 11) is 0. The zero-order valence-electron chi connectivity index (χ0n) is 15.1. The number of halogens is 1. The molecule has 0 aliphatic heterocycles. The van der Waals surface area contributed by atoms with E-state index < -0.39 is 0 Å². The molecule has 27 heavy (non-hydrogen) atoms. The van der Waals surface area contributed by atoms with Gasteiger partial charge in [0.05, 0.1) is 5.52 Å². The number of aromatic nitrogens is 2. The average molecular weight is 421 g/mol. The smallest absolute Gasteiger partial charge is 0.214 e. The van der Waals surface area contributed by atoms with Crippen LogP contribution in [0.25, 0.3) is 21.7 Å². The number of nitrogens with zero attached hydrogens (tertiary/aromatic N) is 2. The lowest BCUT2D eigenvalue weighted by molar-refractivity contribution is 0.103. The molecule has 0 unspecified atom stereocenters. The van der Waals surface area contributed by atoms with E-state index in [-0.39, 0.29) is 5.78 Å². The number of rotatable bonds is 7. The van der Waals surface area contributed by atoms with E-state index in [0.29, 0.717) is 11.3 Å². The van der Waals surface area contributed by atoms with Crippen molar-refractivity contribution in [3.05, 3.63) is 78.0 Å². The number of carbonyl (C=O) groups is 1. The molecule has 0 radical (unpaired) electrons. The van der Waals surface area contributed by atoms with Crippen molar-refractivity contribution in [2.75, 3.05) is 5.33 Å². The molecule has 4 aromatic rings. The topological polar surface area (TPSA) is 34.9 Å². The molecule has 0 bridgehead atoms. The van der Waals surface area contributed by atoms with Gasteiger partial charge in [0.2, 0.25) is 5.78 Å². The summed E-state index contributed by atoms with van der Waals surface area (Å²) in [6.07, 6.45) is 3.35. The van der Waals surface area contributed by atoms with Gasteiger partial charge in [-0.25, -0.2) is 0 Å². The van der Waals surface area contributed by atoms with Crippen molar-refractivity contribution in [2.45, 2.75) is 25.8 Å². The normalized spacial score (nSPS) is 11.3. The highest BCUT2D eigenvalue weighted by Gasteiger charge is 2.20. The fraction of sp³-hybridized carbons (Fsp3) is 0.217. The van der Waals surface area contributed by atoms with Crippen LogP contribution in [0.4, 0.5) is 0 Å². The van der Waals surface area contributed by atoms with E-state index in [2.05, 4.69) is 15.9 Å². The zero-order chi connectivity index (χ0) is 18.6. The maximum Gasteiger partial charge on any atom is 0.214 e. The molecule has 1 aromatic heterocycles. The Bertz CT molecular complexity index is 1090. The van der Waals surface area contributed by atoms with Gasteiger partial charge in [0.25, 0.3) is 0 Å². The Morgan fingerprint density at radius 2 is 1.59 bits per heavy atom. The number of benzene rings is 3. The molecule has 0 N–H and O–H groups in total. The number of ketones is 1. The fourth-order valence-electron chi connectivity index (χ4n) is 3.55.